The summed E-state index contributed by atoms with van der Waals surface area (Å²) in [4.78, 5) is 30.5. The minimum absolute atomic E-state index is 0.0433. The van der Waals surface area contributed by atoms with Crippen molar-refractivity contribution in [1.29, 1.82) is 0 Å². The van der Waals surface area contributed by atoms with E-state index in [0.29, 0.717) is 25.5 Å². The van der Waals surface area contributed by atoms with Crippen molar-refractivity contribution in [2.45, 2.75) is 46.1 Å². The number of carbonyl (C=O) groups excluding carboxylic acids is 2. The van der Waals surface area contributed by atoms with E-state index in [1.807, 2.05) is 13.8 Å². The lowest BCUT2D eigenvalue weighted by Crippen LogP contribution is -2.41. The predicted octanol–water partition coefficient (Wildman–Crippen LogP) is 2.47. The molecule has 0 saturated carbocycles. The van der Waals surface area contributed by atoms with Crippen molar-refractivity contribution < 1.29 is 19.1 Å². The van der Waals surface area contributed by atoms with Crippen molar-refractivity contribution in [3.63, 3.8) is 0 Å². The molecule has 0 atom stereocenters. The number of esters is 1. The second kappa shape index (κ2) is 10.5. The number of carbonyl (C=O) groups is 2. The van der Waals surface area contributed by atoms with Crippen LogP contribution in [-0.2, 0) is 14.3 Å². The van der Waals surface area contributed by atoms with Crippen LogP contribution >= 0.6 is 11.3 Å². The first-order valence-electron chi connectivity index (χ1n) is 9.28. The van der Waals surface area contributed by atoms with E-state index < -0.39 is 0 Å². The highest BCUT2D eigenvalue weighted by Gasteiger charge is 2.26. The van der Waals surface area contributed by atoms with Gasteiger partial charge in [-0.05, 0) is 40.0 Å². The summed E-state index contributed by atoms with van der Waals surface area (Å²) in [7, 11) is 0. The predicted molar refractivity (Wildman–Crippen MR) is 102 cm³/mol. The molecule has 0 bridgehead atoms. The van der Waals surface area contributed by atoms with E-state index in [9.17, 15) is 9.59 Å². The van der Waals surface area contributed by atoms with Gasteiger partial charge in [-0.25, -0.2) is 9.78 Å². The first-order chi connectivity index (χ1) is 12.5. The average molecular weight is 384 g/mol. The normalized spacial score (nSPS) is 15.3. The highest BCUT2D eigenvalue weighted by Crippen LogP contribution is 2.26. The molecule has 1 saturated heterocycles. The molecule has 0 aromatic carbocycles. The molecule has 2 heterocycles. The largest absolute Gasteiger partial charge is 0.461 e. The van der Waals surface area contributed by atoms with Crippen LogP contribution in [0.3, 0.4) is 0 Å². The average Bonchev–Trinajstić information content (AvgIpc) is 3.11. The van der Waals surface area contributed by atoms with E-state index in [1.54, 1.807) is 12.3 Å². The van der Waals surface area contributed by atoms with Crippen LogP contribution in [-0.4, -0.2) is 55.8 Å². The second-order valence-electron chi connectivity index (χ2n) is 6.56. The molecule has 1 amide bonds. The van der Waals surface area contributed by atoms with Gasteiger partial charge in [0.2, 0.25) is 5.91 Å². The van der Waals surface area contributed by atoms with Crippen molar-refractivity contribution in [2.75, 3.05) is 37.7 Å². The quantitative estimate of drug-likeness (QED) is 0.521. The van der Waals surface area contributed by atoms with Gasteiger partial charge in [0.05, 0.1) is 12.7 Å². The molecule has 7 nitrogen and oxygen atoms in total. The van der Waals surface area contributed by atoms with E-state index in [1.165, 1.54) is 11.3 Å². The van der Waals surface area contributed by atoms with Gasteiger partial charge >= 0.3 is 5.97 Å². The molecule has 0 radical (unpaired) electrons. The lowest BCUT2D eigenvalue weighted by Gasteiger charge is -2.31. The van der Waals surface area contributed by atoms with Gasteiger partial charge in [0.15, 0.2) is 10.8 Å². The summed E-state index contributed by atoms with van der Waals surface area (Å²) >= 11 is 1.44. The zero-order chi connectivity index (χ0) is 18.9. The van der Waals surface area contributed by atoms with E-state index in [2.05, 4.69) is 15.2 Å². The molecular weight excluding hydrogens is 354 g/mol. The van der Waals surface area contributed by atoms with Gasteiger partial charge < -0.3 is 19.7 Å². The van der Waals surface area contributed by atoms with Crippen LogP contribution in [0.4, 0.5) is 5.13 Å². The topological polar surface area (TPSA) is 80.8 Å². The number of amides is 1. The molecule has 1 fully saturated rings. The summed E-state index contributed by atoms with van der Waals surface area (Å²) in [6.07, 6.45) is 2.65. The zero-order valence-corrected chi connectivity index (χ0v) is 16.6. The Bertz CT molecular complexity index is 583. The van der Waals surface area contributed by atoms with Crippen LogP contribution < -0.4 is 10.2 Å². The van der Waals surface area contributed by atoms with Crippen LogP contribution in [0.5, 0.6) is 0 Å². The molecule has 1 N–H and O–H groups in total. The van der Waals surface area contributed by atoms with Gasteiger partial charge in [-0.1, -0.05) is 0 Å². The first kappa shape index (κ1) is 20.6. The molecule has 26 heavy (non-hydrogen) atoms. The van der Waals surface area contributed by atoms with Gasteiger partial charge in [-0.15, -0.1) is 11.3 Å². The van der Waals surface area contributed by atoms with Crippen LogP contribution in [0.15, 0.2) is 5.38 Å². The number of hydrogen-bond acceptors (Lipinski definition) is 7. The molecule has 1 aliphatic rings. The van der Waals surface area contributed by atoms with Gasteiger partial charge in [-0.3, -0.25) is 4.79 Å². The third-order valence-electron chi connectivity index (χ3n) is 4.18. The van der Waals surface area contributed by atoms with Gasteiger partial charge in [0, 0.05) is 37.5 Å². The minimum atomic E-state index is -0.384. The van der Waals surface area contributed by atoms with Crippen molar-refractivity contribution >= 4 is 28.3 Å². The van der Waals surface area contributed by atoms with E-state index in [4.69, 9.17) is 9.47 Å². The Kier molecular flexibility index (Phi) is 8.31. The highest BCUT2D eigenvalue weighted by molar-refractivity contribution is 7.13. The molecule has 8 heteroatoms. The molecule has 146 valence electrons. The summed E-state index contributed by atoms with van der Waals surface area (Å²) in [5.41, 5.74) is 0.357. The summed E-state index contributed by atoms with van der Waals surface area (Å²) < 4.78 is 10.4. The Morgan fingerprint density at radius 3 is 2.77 bits per heavy atom. The second-order valence-corrected chi connectivity index (χ2v) is 7.40. The van der Waals surface area contributed by atoms with Gasteiger partial charge in [-0.2, -0.15) is 0 Å². The third kappa shape index (κ3) is 6.25. The summed E-state index contributed by atoms with van der Waals surface area (Å²) in [6, 6.07) is 0. The lowest BCUT2D eigenvalue weighted by atomic mass is 9.96. The van der Waals surface area contributed by atoms with E-state index in [-0.39, 0.29) is 23.9 Å². The van der Waals surface area contributed by atoms with Gasteiger partial charge in [0.25, 0.3) is 0 Å². The fraction of sp³-hybridized carbons (Fsp3) is 0.722. The molecule has 1 aromatic heterocycles. The van der Waals surface area contributed by atoms with Crippen molar-refractivity contribution in [3.8, 4) is 0 Å². The fourth-order valence-electron chi connectivity index (χ4n) is 2.79. The molecule has 0 unspecified atom stereocenters. The lowest BCUT2D eigenvalue weighted by molar-refractivity contribution is -0.125. The molecule has 0 aliphatic carbocycles. The van der Waals surface area contributed by atoms with Crippen LogP contribution in [0.2, 0.25) is 0 Å². The summed E-state index contributed by atoms with van der Waals surface area (Å²) in [5.74, 6) is -0.215. The number of piperidine rings is 1. The van der Waals surface area contributed by atoms with E-state index in [0.717, 1.165) is 37.5 Å². The standard InChI is InChI=1S/C18H29N3O4S/c1-4-24-17(23)15-12-26-18(20-15)21-9-6-14(7-10-21)16(22)19-8-5-11-25-13(2)3/h12-14H,4-11H2,1-3H3,(H,19,22). The fourth-order valence-corrected chi connectivity index (χ4v) is 3.64. The molecule has 1 aliphatic heterocycles. The molecule has 0 spiro atoms. The number of hydrogen-bond donors (Lipinski definition) is 1. The van der Waals surface area contributed by atoms with Crippen molar-refractivity contribution in [2.24, 2.45) is 5.92 Å². The number of rotatable bonds is 9. The third-order valence-corrected chi connectivity index (χ3v) is 5.09. The van der Waals surface area contributed by atoms with Crippen molar-refractivity contribution in [3.05, 3.63) is 11.1 Å². The molecular formula is C18H29N3O4S. The maximum absolute atomic E-state index is 12.3. The smallest absolute Gasteiger partial charge is 0.357 e. The number of ether oxygens (including phenoxy) is 2. The summed E-state index contributed by atoms with van der Waals surface area (Å²) in [5, 5.41) is 5.55. The number of aromatic nitrogens is 1. The summed E-state index contributed by atoms with van der Waals surface area (Å²) in [6.45, 7) is 8.99. The monoisotopic (exact) mass is 383 g/mol. The zero-order valence-electron chi connectivity index (χ0n) is 15.8. The van der Waals surface area contributed by atoms with E-state index >= 15 is 0 Å². The van der Waals surface area contributed by atoms with Gasteiger partial charge in [0.1, 0.15) is 0 Å². The minimum Gasteiger partial charge on any atom is -0.461 e. The number of thiazole rings is 1. The number of nitrogens with one attached hydrogen (secondary N) is 1. The Balaban J connectivity index is 1.71. The maximum atomic E-state index is 12.3. The van der Waals surface area contributed by atoms with Crippen LogP contribution in [0, 0.1) is 5.92 Å². The Morgan fingerprint density at radius 2 is 2.12 bits per heavy atom. The first-order valence-corrected chi connectivity index (χ1v) is 10.2. The Hall–Kier alpha value is -1.67. The SMILES string of the molecule is CCOC(=O)c1csc(N2CCC(C(=O)NCCCOC(C)C)CC2)n1. The Labute approximate surface area is 159 Å². The number of anilines is 1. The van der Waals surface area contributed by atoms with Crippen LogP contribution in [0.1, 0.15) is 50.5 Å². The van der Waals surface area contributed by atoms with Crippen LogP contribution in [0.25, 0.3) is 0 Å². The number of nitrogens with zero attached hydrogens (tertiary/aromatic N) is 2. The Morgan fingerprint density at radius 1 is 1.38 bits per heavy atom. The maximum Gasteiger partial charge on any atom is 0.357 e. The molecule has 1 aromatic rings. The van der Waals surface area contributed by atoms with Crippen molar-refractivity contribution in [1.82, 2.24) is 10.3 Å². The highest BCUT2D eigenvalue weighted by atomic mass is 32.1. The molecule has 2 rings (SSSR count).